The molecule has 0 saturated carbocycles. The number of Topliss-reactive ketones (excluding diaryl/α,β-unsaturated/α-hetero) is 1. The van der Waals surface area contributed by atoms with Crippen molar-refractivity contribution in [3.8, 4) is 0 Å². The monoisotopic (exact) mass is 241 g/mol. The van der Waals surface area contributed by atoms with Gasteiger partial charge in [-0.05, 0) is 11.4 Å². The van der Waals surface area contributed by atoms with Crippen LogP contribution in [0, 0.1) is 0 Å². The van der Waals surface area contributed by atoms with Gasteiger partial charge in [0.25, 0.3) is 0 Å². The topological polar surface area (TPSA) is 94.9 Å². The number of fused-ring (bicyclic) bond motifs is 1. The van der Waals surface area contributed by atoms with Gasteiger partial charge in [-0.15, -0.1) is 11.3 Å². The largest absolute Gasteiger partial charge is 0.479 e. The average molecular weight is 241 g/mol. The lowest BCUT2D eigenvalue weighted by atomic mass is 10.0. The fourth-order valence-electron chi connectivity index (χ4n) is 1.66. The van der Waals surface area contributed by atoms with E-state index in [0.717, 1.165) is 11.3 Å². The number of carbonyl (C=O) groups excluding carboxylic acids is 1. The number of carboxylic acid groups (broad SMARTS) is 2. The van der Waals surface area contributed by atoms with E-state index in [9.17, 15) is 14.4 Å². The van der Waals surface area contributed by atoms with Crippen molar-refractivity contribution in [1.82, 2.24) is 4.90 Å². The summed E-state index contributed by atoms with van der Waals surface area (Å²) in [5.41, 5.74) is 0.315. The molecule has 0 aromatic carbocycles. The van der Waals surface area contributed by atoms with Gasteiger partial charge in [0.2, 0.25) is 0 Å². The van der Waals surface area contributed by atoms with Crippen LogP contribution in [0.25, 0.3) is 0 Å². The van der Waals surface area contributed by atoms with E-state index in [1.807, 2.05) is 0 Å². The summed E-state index contributed by atoms with van der Waals surface area (Å²) in [5.74, 6) is -1.63. The molecule has 1 aliphatic rings. The Kier molecular flexibility index (Phi) is 2.39. The van der Waals surface area contributed by atoms with Gasteiger partial charge < -0.3 is 10.2 Å². The summed E-state index contributed by atoms with van der Waals surface area (Å²) >= 11 is 1.08. The third kappa shape index (κ3) is 1.45. The fourth-order valence-corrected chi connectivity index (χ4v) is 2.68. The first-order valence-corrected chi connectivity index (χ1v) is 5.23. The highest BCUT2D eigenvalue weighted by Gasteiger charge is 2.40. The number of amides is 1. The number of ketones is 1. The number of carbonyl (C=O) groups is 3. The smallest absolute Gasteiger partial charge is 0.408 e. The van der Waals surface area contributed by atoms with Crippen molar-refractivity contribution in [2.75, 3.05) is 6.54 Å². The fraction of sp³-hybridized carbons (Fsp3) is 0.222. The number of hydrogen-bond donors (Lipinski definition) is 2. The molecule has 0 saturated heterocycles. The second-order valence-corrected chi connectivity index (χ2v) is 4.22. The SMILES string of the molecule is O=C1CN(C(=O)O)C(C(=O)O)c2sccc21. The first-order valence-electron chi connectivity index (χ1n) is 4.35. The lowest BCUT2D eigenvalue weighted by Gasteiger charge is -2.29. The summed E-state index contributed by atoms with van der Waals surface area (Å²) in [6, 6.07) is 0.252. The summed E-state index contributed by atoms with van der Waals surface area (Å²) in [6.07, 6.45) is -1.40. The lowest BCUT2D eigenvalue weighted by molar-refractivity contribution is -0.142. The highest BCUT2D eigenvalue weighted by Crippen LogP contribution is 2.33. The first kappa shape index (κ1) is 10.6. The molecule has 0 fully saturated rings. The molecule has 2 rings (SSSR count). The summed E-state index contributed by atoms with van der Waals surface area (Å²) in [5, 5.41) is 19.4. The number of rotatable bonds is 1. The van der Waals surface area contributed by atoms with Gasteiger partial charge in [0, 0.05) is 10.4 Å². The molecular weight excluding hydrogens is 234 g/mol. The van der Waals surface area contributed by atoms with Gasteiger partial charge in [-0.3, -0.25) is 9.69 Å². The second-order valence-electron chi connectivity index (χ2n) is 3.27. The van der Waals surface area contributed by atoms with E-state index in [2.05, 4.69) is 0 Å². The van der Waals surface area contributed by atoms with Crippen LogP contribution in [0.1, 0.15) is 21.3 Å². The normalized spacial score (nSPS) is 19.4. The van der Waals surface area contributed by atoms with Crippen molar-refractivity contribution in [1.29, 1.82) is 0 Å². The van der Waals surface area contributed by atoms with E-state index in [1.165, 1.54) is 6.07 Å². The first-order chi connectivity index (χ1) is 7.52. The molecule has 2 N–H and O–H groups in total. The Bertz CT molecular complexity index is 480. The van der Waals surface area contributed by atoms with Crippen molar-refractivity contribution in [3.63, 3.8) is 0 Å². The number of thiophene rings is 1. The molecule has 1 atom stereocenters. The molecule has 1 aromatic heterocycles. The summed E-state index contributed by atoms with van der Waals surface area (Å²) in [4.78, 5) is 34.4. The number of aliphatic carboxylic acids is 1. The van der Waals surface area contributed by atoms with Crippen molar-refractivity contribution in [2.24, 2.45) is 0 Å². The maximum Gasteiger partial charge on any atom is 0.408 e. The molecule has 0 radical (unpaired) electrons. The molecule has 0 bridgehead atoms. The number of hydrogen-bond acceptors (Lipinski definition) is 4. The zero-order chi connectivity index (χ0) is 11.9. The zero-order valence-corrected chi connectivity index (χ0v) is 8.73. The molecule has 1 aromatic rings. The van der Waals surface area contributed by atoms with E-state index in [0.29, 0.717) is 10.5 Å². The minimum Gasteiger partial charge on any atom is -0.479 e. The van der Waals surface area contributed by atoms with E-state index in [4.69, 9.17) is 10.2 Å². The molecule has 1 aliphatic heterocycles. The Morgan fingerprint density at radius 3 is 2.69 bits per heavy atom. The molecular formula is C9H7NO5S. The molecule has 2 heterocycles. The Morgan fingerprint density at radius 1 is 1.44 bits per heavy atom. The molecule has 16 heavy (non-hydrogen) atoms. The Balaban J connectivity index is 2.53. The van der Waals surface area contributed by atoms with E-state index in [1.54, 1.807) is 5.38 Å². The summed E-state index contributed by atoms with van der Waals surface area (Å²) in [6.45, 7) is -0.407. The van der Waals surface area contributed by atoms with Gasteiger partial charge in [-0.2, -0.15) is 0 Å². The van der Waals surface area contributed by atoms with E-state index < -0.39 is 24.6 Å². The van der Waals surface area contributed by atoms with E-state index >= 15 is 0 Å². The Hall–Kier alpha value is -1.89. The van der Waals surface area contributed by atoms with Crippen LogP contribution in [0.5, 0.6) is 0 Å². The third-order valence-electron chi connectivity index (χ3n) is 2.35. The molecule has 1 unspecified atom stereocenters. The zero-order valence-electron chi connectivity index (χ0n) is 7.91. The minimum atomic E-state index is -1.40. The highest BCUT2D eigenvalue weighted by atomic mass is 32.1. The van der Waals surface area contributed by atoms with Crippen LogP contribution in [-0.2, 0) is 4.79 Å². The summed E-state index contributed by atoms with van der Waals surface area (Å²) < 4.78 is 0. The molecule has 0 spiro atoms. The van der Waals surface area contributed by atoms with Crippen molar-refractivity contribution in [2.45, 2.75) is 6.04 Å². The van der Waals surface area contributed by atoms with Gasteiger partial charge in [-0.1, -0.05) is 0 Å². The van der Waals surface area contributed by atoms with E-state index in [-0.39, 0.29) is 10.7 Å². The maximum atomic E-state index is 11.5. The predicted molar refractivity (Wildman–Crippen MR) is 53.8 cm³/mol. The minimum absolute atomic E-state index is 0.283. The van der Waals surface area contributed by atoms with Crippen LogP contribution >= 0.6 is 11.3 Å². The van der Waals surface area contributed by atoms with Crippen molar-refractivity contribution >= 4 is 29.2 Å². The van der Waals surface area contributed by atoms with Crippen LogP contribution in [0.15, 0.2) is 11.4 Å². The third-order valence-corrected chi connectivity index (χ3v) is 3.32. The van der Waals surface area contributed by atoms with Gasteiger partial charge in [0.15, 0.2) is 11.8 Å². The molecule has 84 valence electrons. The Labute approximate surface area is 93.7 Å². The summed E-state index contributed by atoms with van der Waals surface area (Å²) in [7, 11) is 0. The van der Waals surface area contributed by atoms with Crippen molar-refractivity contribution < 1.29 is 24.6 Å². The Morgan fingerprint density at radius 2 is 2.12 bits per heavy atom. The highest BCUT2D eigenvalue weighted by molar-refractivity contribution is 7.10. The molecule has 1 amide bonds. The predicted octanol–water partition coefficient (Wildman–Crippen LogP) is 1.05. The average Bonchev–Trinajstić information content (AvgIpc) is 2.65. The molecule has 0 aliphatic carbocycles. The van der Waals surface area contributed by atoms with Crippen molar-refractivity contribution in [3.05, 3.63) is 21.9 Å². The van der Waals surface area contributed by atoms with Crippen LogP contribution in [0.3, 0.4) is 0 Å². The lowest BCUT2D eigenvalue weighted by Crippen LogP contribution is -2.44. The number of nitrogens with zero attached hydrogens (tertiary/aromatic N) is 1. The quantitative estimate of drug-likeness (QED) is 0.766. The van der Waals surface area contributed by atoms with Gasteiger partial charge in [0.05, 0.1) is 6.54 Å². The van der Waals surface area contributed by atoms with Crippen LogP contribution in [-0.4, -0.2) is 39.5 Å². The van der Waals surface area contributed by atoms with Gasteiger partial charge in [0.1, 0.15) is 0 Å². The standard InChI is InChI=1S/C9H7NO5S/c11-5-3-10(9(14)15)6(8(12)13)7-4(5)1-2-16-7/h1-2,6H,3H2,(H,12,13)(H,14,15). The van der Waals surface area contributed by atoms with Crippen LogP contribution < -0.4 is 0 Å². The maximum absolute atomic E-state index is 11.5. The van der Waals surface area contributed by atoms with Gasteiger partial charge >= 0.3 is 12.1 Å². The van der Waals surface area contributed by atoms with Crippen LogP contribution in [0.2, 0.25) is 0 Å². The molecule has 6 nitrogen and oxygen atoms in total. The van der Waals surface area contributed by atoms with Crippen LogP contribution in [0.4, 0.5) is 4.79 Å². The second kappa shape index (κ2) is 3.60. The number of carboxylic acids is 1. The van der Waals surface area contributed by atoms with Gasteiger partial charge in [-0.25, -0.2) is 9.59 Å². The molecule has 7 heteroatoms.